The van der Waals surface area contributed by atoms with Crippen molar-refractivity contribution in [2.75, 3.05) is 32.7 Å². The fourth-order valence-corrected chi connectivity index (χ4v) is 5.16. The molecule has 3 rings (SSSR count). The van der Waals surface area contributed by atoms with Gasteiger partial charge in [-0.1, -0.05) is 0 Å². The smallest absolute Gasteiger partial charge is 0.244 e. The van der Waals surface area contributed by atoms with Crippen LogP contribution in [0.1, 0.15) is 32.1 Å². The third-order valence-corrected chi connectivity index (χ3v) is 7.23. The molecule has 3 heterocycles. The van der Waals surface area contributed by atoms with E-state index >= 15 is 0 Å². The molecule has 0 spiro atoms. The van der Waals surface area contributed by atoms with Crippen LogP contribution in [0.2, 0.25) is 0 Å². The minimum atomic E-state index is -3.51. The van der Waals surface area contributed by atoms with Crippen LogP contribution in [-0.4, -0.2) is 56.3 Å². The molecule has 2 N–H and O–H groups in total. The number of carbonyl (C=O) groups is 1. The standard InChI is InChI=1S/C18H28N4O3S/c23-18(21-10-5-15-3-1-8-19-13-15)16-6-11-22(12-7-16)26(24,25)17-4-2-9-20-14-17/h2,4,9,14-16,19H,1,3,5-8,10-13H2,(H,21,23). The Bertz CT molecular complexity index is 682. The van der Waals surface area contributed by atoms with E-state index in [4.69, 9.17) is 0 Å². The largest absolute Gasteiger partial charge is 0.356 e. The van der Waals surface area contributed by atoms with Gasteiger partial charge in [0.15, 0.2) is 0 Å². The zero-order valence-corrected chi connectivity index (χ0v) is 15.9. The van der Waals surface area contributed by atoms with Crippen molar-refractivity contribution >= 4 is 15.9 Å². The highest BCUT2D eigenvalue weighted by molar-refractivity contribution is 7.89. The van der Waals surface area contributed by atoms with E-state index in [0.29, 0.717) is 38.4 Å². The van der Waals surface area contributed by atoms with E-state index in [1.165, 1.54) is 23.3 Å². The maximum absolute atomic E-state index is 12.6. The first-order valence-electron chi connectivity index (χ1n) is 9.46. The summed E-state index contributed by atoms with van der Waals surface area (Å²) in [5, 5.41) is 6.43. The monoisotopic (exact) mass is 380 g/mol. The molecule has 2 saturated heterocycles. The second-order valence-electron chi connectivity index (χ2n) is 7.16. The molecular formula is C18H28N4O3S. The highest BCUT2D eigenvalue weighted by atomic mass is 32.2. The molecule has 0 bridgehead atoms. The molecule has 2 aliphatic heterocycles. The molecule has 8 heteroatoms. The zero-order valence-electron chi connectivity index (χ0n) is 15.1. The van der Waals surface area contributed by atoms with Crippen molar-refractivity contribution in [2.45, 2.75) is 37.0 Å². The Morgan fingerprint density at radius 1 is 1.31 bits per heavy atom. The molecule has 0 radical (unpaired) electrons. The normalized spacial score (nSPS) is 22.8. The number of sulfonamides is 1. The van der Waals surface area contributed by atoms with E-state index in [1.54, 1.807) is 18.3 Å². The van der Waals surface area contributed by atoms with Crippen molar-refractivity contribution in [1.29, 1.82) is 0 Å². The lowest BCUT2D eigenvalue weighted by Gasteiger charge is -2.30. The van der Waals surface area contributed by atoms with Gasteiger partial charge >= 0.3 is 0 Å². The van der Waals surface area contributed by atoms with Gasteiger partial charge in [-0.2, -0.15) is 4.31 Å². The van der Waals surface area contributed by atoms with Gasteiger partial charge in [-0.05, 0) is 63.2 Å². The highest BCUT2D eigenvalue weighted by Crippen LogP contribution is 2.23. The van der Waals surface area contributed by atoms with Crippen molar-refractivity contribution in [3.05, 3.63) is 24.5 Å². The van der Waals surface area contributed by atoms with Gasteiger partial charge in [0.25, 0.3) is 0 Å². The number of hydrogen-bond donors (Lipinski definition) is 2. The predicted octanol–water partition coefficient (Wildman–Crippen LogP) is 0.988. The van der Waals surface area contributed by atoms with E-state index in [1.807, 2.05) is 0 Å². The van der Waals surface area contributed by atoms with Gasteiger partial charge in [0, 0.05) is 37.9 Å². The summed E-state index contributed by atoms with van der Waals surface area (Å²) in [7, 11) is -3.51. The van der Waals surface area contributed by atoms with Gasteiger partial charge in [0.05, 0.1) is 0 Å². The molecule has 26 heavy (non-hydrogen) atoms. The van der Waals surface area contributed by atoms with Crippen molar-refractivity contribution < 1.29 is 13.2 Å². The fourth-order valence-electron chi connectivity index (χ4n) is 3.72. The molecule has 1 aromatic heterocycles. The summed E-state index contributed by atoms with van der Waals surface area (Å²) >= 11 is 0. The second-order valence-corrected chi connectivity index (χ2v) is 9.10. The number of nitrogens with zero attached hydrogens (tertiary/aromatic N) is 2. The molecule has 1 unspecified atom stereocenters. The van der Waals surface area contributed by atoms with Crippen LogP contribution >= 0.6 is 0 Å². The molecule has 144 valence electrons. The van der Waals surface area contributed by atoms with Crippen molar-refractivity contribution in [3.8, 4) is 0 Å². The van der Waals surface area contributed by atoms with Crippen LogP contribution in [0.5, 0.6) is 0 Å². The lowest BCUT2D eigenvalue weighted by molar-refractivity contribution is -0.126. The number of pyridine rings is 1. The summed E-state index contributed by atoms with van der Waals surface area (Å²) < 4.78 is 26.6. The van der Waals surface area contributed by atoms with Gasteiger partial charge < -0.3 is 10.6 Å². The summed E-state index contributed by atoms with van der Waals surface area (Å²) in [4.78, 5) is 16.5. The fraction of sp³-hybridized carbons (Fsp3) is 0.667. The first-order chi connectivity index (χ1) is 12.6. The van der Waals surface area contributed by atoms with Crippen LogP contribution in [-0.2, 0) is 14.8 Å². The van der Waals surface area contributed by atoms with Crippen LogP contribution in [0.25, 0.3) is 0 Å². The van der Waals surface area contributed by atoms with Crippen LogP contribution in [0.3, 0.4) is 0 Å². The minimum Gasteiger partial charge on any atom is -0.356 e. The molecular weight excluding hydrogens is 352 g/mol. The Morgan fingerprint density at radius 2 is 2.12 bits per heavy atom. The lowest BCUT2D eigenvalue weighted by Crippen LogP contribution is -2.43. The number of nitrogens with one attached hydrogen (secondary N) is 2. The van der Waals surface area contributed by atoms with Crippen molar-refractivity contribution in [3.63, 3.8) is 0 Å². The van der Waals surface area contributed by atoms with Crippen molar-refractivity contribution in [1.82, 2.24) is 19.9 Å². The Balaban J connectivity index is 1.43. The summed E-state index contributed by atoms with van der Waals surface area (Å²) in [6.07, 6.45) is 7.50. The predicted molar refractivity (Wildman–Crippen MR) is 98.9 cm³/mol. The topological polar surface area (TPSA) is 91.4 Å². The van der Waals surface area contributed by atoms with Crippen molar-refractivity contribution in [2.24, 2.45) is 11.8 Å². The van der Waals surface area contributed by atoms with Crippen LogP contribution < -0.4 is 10.6 Å². The van der Waals surface area contributed by atoms with Crippen LogP contribution in [0, 0.1) is 11.8 Å². The summed E-state index contributed by atoms with van der Waals surface area (Å²) in [5.74, 6) is 0.613. The molecule has 0 aliphatic carbocycles. The molecule has 0 saturated carbocycles. The Labute approximate surface area is 155 Å². The number of piperidine rings is 2. The second kappa shape index (κ2) is 8.92. The van der Waals surface area contributed by atoms with Crippen LogP contribution in [0.4, 0.5) is 0 Å². The molecule has 0 aromatic carbocycles. The first-order valence-corrected chi connectivity index (χ1v) is 10.9. The van der Waals surface area contributed by atoms with E-state index in [9.17, 15) is 13.2 Å². The quantitative estimate of drug-likeness (QED) is 0.768. The van der Waals surface area contributed by atoms with Gasteiger partial charge in [-0.25, -0.2) is 8.42 Å². The maximum atomic E-state index is 12.6. The van der Waals surface area contributed by atoms with E-state index in [2.05, 4.69) is 15.6 Å². The molecule has 1 atom stereocenters. The highest BCUT2D eigenvalue weighted by Gasteiger charge is 2.32. The summed E-state index contributed by atoms with van der Waals surface area (Å²) in [6.45, 7) is 3.60. The Hall–Kier alpha value is -1.51. The number of rotatable bonds is 6. The number of aromatic nitrogens is 1. The van der Waals surface area contributed by atoms with E-state index in [-0.39, 0.29) is 16.7 Å². The molecule has 1 amide bonds. The molecule has 2 fully saturated rings. The SMILES string of the molecule is O=C(NCCC1CCCNC1)C1CCN(S(=O)(=O)c2cccnc2)CC1. The Kier molecular flexibility index (Phi) is 6.61. The van der Waals surface area contributed by atoms with Gasteiger partial charge in [-0.3, -0.25) is 9.78 Å². The molecule has 7 nitrogen and oxygen atoms in total. The summed E-state index contributed by atoms with van der Waals surface area (Å²) in [6, 6.07) is 3.18. The van der Waals surface area contributed by atoms with E-state index in [0.717, 1.165) is 19.5 Å². The number of carbonyl (C=O) groups excluding carboxylic acids is 1. The number of hydrogen-bond acceptors (Lipinski definition) is 5. The minimum absolute atomic E-state index is 0.0622. The third-order valence-electron chi connectivity index (χ3n) is 5.35. The first kappa shape index (κ1) is 19.3. The maximum Gasteiger partial charge on any atom is 0.244 e. The van der Waals surface area contributed by atoms with Gasteiger partial charge in [-0.15, -0.1) is 0 Å². The van der Waals surface area contributed by atoms with Gasteiger partial charge in [0.2, 0.25) is 15.9 Å². The molecule has 2 aliphatic rings. The van der Waals surface area contributed by atoms with Gasteiger partial charge in [0.1, 0.15) is 4.90 Å². The molecule has 1 aromatic rings. The number of amides is 1. The average molecular weight is 381 g/mol. The zero-order chi connectivity index (χ0) is 18.4. The average Bonchev–Trinajstić information content (AvgIpc) is 2.69. The lowest BCUT2D eigenvalue weighted by atomic mass is 9.95. The summed E-state index contributed by atoms with van der Waals surface area (Å²) in [5.41, 5.74) is 0. The third kappa shape index (κ3) is 4.81. The van der Waals surface area contributed by atoms with Crippen LogP contribution in [0.15, 0.2) is 29.4 Å². The van der Waals surface area contributed by atoms with E-state index < -0.39 is 10.0 Å². The Morgan fingerprint density at radius 3 is 2.77 bits per heavy atom.